The molecule has 0 amide bonds. The van der Waals surface area contributed by atoms with Crippen molar-refractivity contribution in [2.24, 2.45) is 11.3 Å². The van der Waals surface area contributed by atoms with Crippen LogP contribution in [-0.4, -0.2) is 67.6 Å². The van der Waals surface area contributed by atoms with E-state index >= 15 is 0 Å². The smallest absolute Gasteiger partial charge is 0.311 e. The maximum Gasteiger partial charge on any atom is 0.311 e. The minimum absolute atomic E-state index is 0.0621. The van der Waals surface area contributed by atoms with E-state index < -0.39 is 11.7 Å². The van der Waals surface area contributed by atoms with Gasteiger partial charge in [0, 0.05) is 6.42 Å². The van der Waals surface area contributed by atoms with Crippen molar-refractivity contribution in [2.45, 2.75) is 91.3 Å². The minimum atomic E-state index is -1.38. The molecule has 8 nitrogen and oxygen atoms in total. The molecule has 1 aliphatic carbocycles. The van der Waals surface area contributed by atoms with Crippen molar-refractivity contribution in [1.82, 2.24) is 0 Å². The SMILES string of the molecule is CCC(C)(C)C(=O)OCC1CCC(OCOCCC(O)O)C(OCOC(C)C)C1. The van der Waals surface area contributed by atoms with E-state index in [2.05, 4.69) is 0 Å². The molecule has 3 atom stereocenters. The Kier molecular flexibility index (Phi) is 12.2. The minimum Gasteiger partial charge on any atom is -0.465 e. The molecule has 0 heterocycles. The van der Waals surface area contributed by atoms with Gasteiger partial charge in [-0.15, -0.1) is 0 Å². The highest BCUT2D eigenvalue weighted by Gasteiger charge is 2.34. The van der Waals surface area contributed by atoms with Crippen molar-refractivity contribution < 1.29 is 38.7 Å². The molecule has 0 aliphatic heterocycles. The summed E-state index contributed by atoms with van der Waals surface area (Å²) in [6.07, 6.45) is 1.56. The predicted octanol–water partition coefficient (Wildman–Crippen LogP) is 2.59. The van der Waals surface area contributed by atoms with Crippen LogP contribution in [0.15, 0.2) is 0 Å². The highest BCUT2D eigenvalue weighted by atomic mass is 16.7. The average Bonchev–Trinajstić information content (AvgIpc) is 2.66. The standard InChI is InChI=1S/C21H40O8/c1-6-21(4,5)20(24)26-12-16-7-8-17(28-13-25-10-9-19(22)23)18(11-16)29-14-27-15(2)3/h15-19,22-23H,6-14H2,1-5H3. The number of ether oxygens (including phenoxy) is 5. The lowest BCUT2D eigenvalue weighted by atomic mass is 9.85. The Morgan fingerprint density at radius 1 is 1.10 bits per heavy atom. The Morgan fingerprint density at radius 2 is 1.79 bits per heavy atom. The summed E-state index contributed by atoms with van der Waals surface area (Å²) in [5.41, 5.74) is -0.471. The Labute approximate surface area is 174 Å². The molecule has 1 saturated carbocycles. The molecule has 0 bridgehead atoms. The van der Waals surface area contributed by atoms with Gasteiger partial charge in [-0.05, 0) is 59.3 Å². The molecule has 2 N–H and O–H groups in total. The van der Waals surface area contributed by atoms with E-state index in [9.17, 15) is 4.79 Å². The number of esters is 1. The van der Waals surface area contributed by atoms with E-state index in [0.717, 1.165) is 19.3 Å². The zero-order valence-electron chi connectivity index (χ0n) is 18.6. The van der Waals surface area contributed by atoms with Gasteiger partial charge in [0.25, 0.3) is 0 Å². The first-order valence-electron chi connectivity index (χ1n) is 10.6. The van der Waals surface area contributed by atoms with Gasteiger partial charge in [-0.25, -0.2) is 0 Å². The van der Waals surface area contributed by atoms with Crippen LogP contribution in [0, 0.1) is 11.3 Å². The van der Waals surface area contributed by atoms with E-state index in [-0.39, 0.29) is 56.8 Å². The van der Waals surface area contributed by atoms with Gasteiger partial charge in [-0.2, -0.15) is 0 Å². The average molecular weight is 421 g/mol. The van der Waals surface area contributed by atoms with E-state index in [4.69, 9.17) is 33.9 Å². The molecule has 29 heavy (non-hydrogen) atoms. The first kappa shape index (κ1) is 26.3. The molecule has 0 saturated heterocycles. The molecule has 0 spiro atoms. The maximum atomic E-state index is 12.2. The number of hydrogen-bond donors (Lipinski definition) is 2. The third kappa shape index (κ3) is 10.7. The molecule has 1 fully saturated rings. The normalized spacial score (nSPS) is 23.0. The van der Waals surface area contributed by atoms with Gasteiger partial charge >= 0.3 is 5.97 Å². The van der Waals surface area contributed by atoms with Gasteiger partial charge in [-0.3, -0.25) is 4.79 Å². The monoisotopic (exact) mass is 420 g/mol. The van der Waals surface area contributed by atoms with Crippen LogP contribution in [0.4, 0.5) is 0 Å². The largest absolute Gasteiger partial charge is 0.465 e. The first-order valence-corrected chi connectivity index (χ1v) is 10.6. The summed E-state index contributed by atoms with van der Waals surface area (Å²) in [6.45, 7) is 10.5. The van der Waals surface area contributed by atoms with E-state index in [0.29, 0.717) is 13.0 Å². The molecule has 3 unspecified atom stereocenters. The van der Waals surface area contributed by atoms with Crippen LogP contribution in [0.25, 0.3) is 0 Å². The summed E-state index contributed by atoms with van der Waals surface area (Å²) in [5.74, 6) is 0.0411. The van der Waals surface area contributed by atoms with Gasteiger partial charge in [0.2, 0.25) is 0 Å². The van der Waals surface area contributed by atoms with Crippen molar-refractivity contribution in [3.8, 4) is 0 Å². The van der Waals surface area contributed by atoms with Crippen LogP contribution in [0.5, 0.6) is 0 Å². The molecular weight excluding hydrogens is 380 g/mol. The van der Waals surface area contributed by atoms with E-state index in [1.54, 1.807) is 0 Å². The molecular formula is C21H40O8. The topological polar surface area (TPSA) is 104 Å². The fourth-order valence-electron chi connectivity index (χ4n) is 2.88. The van der Waals surface area contributed by atoms with Crippen LogP contribution in [0.2, 0.25) is 0 Å². The highest BCUT2D eigenvalue weighted by molar-refractivity contribution is 5.75. The summed E-state index contributed by atoms with van der Waals surface area (Å²) < 4.78 is 28.1. The Hall–Kier alpha value is -0.770. The molecule has 0 aromatic rings. The van der Waals surface area contributed by atoms with Crippen molar-refractivity contribution in [3.63, 3.8) is 0 Å². The number of carbonyl (C=O) groups excluding carboxylic acids is 1. The van der Waals surface area contributed by atoms with Crippen molar-refractivity contribution in [3.05, 3.63) is 0 Å². The second kappa shape index (κ2) is 13.5. The molecule has 1 rings (SSSR count). The van der Waals surface area contributed by atoms with Crippen LogP contribution in [0.1, 0.15) is 66.7 Å². The molecule has 8 heteroatoms. The summed E-state index contributed by atoms with van der Waals surface area (Å²) in [7, 11) is 0. The molecule has 172 valence electrons. The van der Waals surface area contributed by atoms with Gasteiger partial charge in [0.15, 0.2) is 6.29 Å². The van der Waals surface area contributed by atoms with Crippen LogP contribution in [-0.2, 0) is 28.5 Å². The lowest BCUT2D eigenvalue weighted by Gasteiger charge is -2.36. The van der Waals surface area contributed by atoms with Crippen molar-refractivity contribution >= 4 is 5.97 Å². The maximum absolute atomic E-state index is 12.2. The fourth-order valence-corrected chi connectivity index (χ4v) is 2.88. The Morgan fingerprint density at radius 3 is 2.41 bits per heavy atom. The zero-order chi connectivity index (χ0) is 21.9. The molecule has 0 radical (unpaired) electrons. The lowest BCUT2D eigenvalue weighted by molar-refractivity contribution is -0.194. The third-order valence-corrected chi connectivity index (χ3v) is 5.30. The van der Waals surface area contributed by atoms with Gasteiger partial charge in [-0.1, -0.05) is 6.92 Å². The predicted molar refractivity (Wildman–Crippen MR) is 107 cm³/mol. The molecule has 0 aromatic carbocycles. The summed E-state index contributed by atoms with van der Waals surface area (Å²) >= 11 is 0. The number of hydrogen-bond acceptors (Lipinski definition) is 8. The van der Waals surface area contributed by atoms with E-state index in [1.807, 2.05) is 34.6 Å². The van der Waals surface area contributed by atoms with E-state index in [1.165, 1.54) is 0 Å². The van der Waals surface area contributed by atoms with Crippen LogP contribution in [0.3, 0.4) is 0 Å². The van der Waals surface area contributed by atoms with Crippen molar-refractivity contribution in [2.75, 3.05) is 26.8 Å². The summed E-state index contributed by atoms with van der Waals surface area (Å²) in [5, 5.41) is 17.7. The zero-order valence-corrected chi connectivity index (χ0v) is 18.6. The molecule has 1 aliphatic rings. The second-order valence-corrected chi connectivity index (χ2v) is 8.55. The second-order valence-electron chi connectivity index (χ2n) is 8.55. The van der Waals surface area contributed by atoms with Gasteiger partial charge in [0.05, 0.1) is 36.9 Å². The summed E-state index contributed by atoms with van der Waals surface area (Å²) in [6, 6.07) is 0. The first-order chi connectivity index (χ1) is 13.7. The Balaban J connectivity index is 2.49. The van der Waals surface area contributed by atoms with Gasteiger partial charge in [0.1, 0.15) is 13.6 Å². The van der Waals surface area contributed by atoms with Crippen molar-refractivity contribution in [1.29, 1.82) is 0 Å². The summed E-state index contributed by atoms with van der Waals surface area (Å²) in [4.78, 5) is 12.2. The quantitative estimate of drug-likeness (QED) is 0.251. The third-order valence-electron chi connectivity index (χ3n) is 5.30. The lowest BCUT2D eigenvalue weighted by Crippen LogP contribution is -2.40. The van der Waals surface area contributed by atoms with Gasteiger partial charge < -0.3 is 33.9 Å². The fraction of sp³-hybridized carbons (Fsp3) is 0.952. The highest BCUT2D eigenvalue weighted by Crippen LogP contribution is 2.30. The number of aliphatic hydroxyl groups is 2. The van der Waals surface area contributed by atoms with Crippen LogP contribution >= 0.6 is 0 Å². The van der Waals surface area contributed by atoms with Crippen LogP contribution < -0.4 is 0 Å². The number of rotatable bonds is 14. The molecule has 0 aromatic heterocycles. The number of aliphatic hydroxyl groups excluding tert-OH is 1. The Bertz CT molecular complexity index is 452. The number of carbonyl (C=O) groups is 1.